The van der Waals surface area contributed by atoms with Crippen molar-refractivity contribution < 1.29 is 23.4 Å². The molecule has 0 spiro atoms. The van der Waals surface area contributed by atoms with Gasteiger partial charge in [-0.25, -0.2) is 9.78 Å². The van der Waals surface area contributed by atoms with Crippen molar-refractivity contribution in [2.24, 2.45) is 0 Å². The highest BCUT2D eigenvalue weighted by Crippen LogP contribution is 2.36. The van der Waals surface area contributed by atoms with Crippen molar-refractivity contribution in [1.82, 2.24) is 19.8 Å². The van der Waals surface area contributed by atoms with Crippen molar-refractivity contribution in [1.29, 1.82) is 5.26 Å². The van der Waals surface area contributed by atoms with E-state index in [1.165, 1.54) is 0 Å². The zero-order valence-electron chi connectivity index (χ0n) is 22.0. The van der Waals surface area contributed by atoms with E-state index in [4.69, 9.17) is 14.2 Å². The highest BCUT2D eigenvalue weighted by Gasteiger charge is 2.36. The molecule has 2 fully saturated rings. The Labute approximate surface area is 226 Å². The van der Waals surface area contributed by atoms with Gasteiger partial charge in [-0.05, 0) is 18.7 Å². The summed E-state index contributed by atoms with van der Waals surface area (Å²) in [5, 5.41) is 10.1. The summed E-state index contributed by atoms with van der Waals surface area (Å²) in [6.07, 6.45) is 2.15. The van der Waals surface area contributed by atoms with Crippen molar-refractivity contribution in [2.45, 2.75) is 31.3 Å². The molecule has 5 rings (SSSR count). The maximum atomic E-state index is 16.2. The Hall–Kier alpha value is -4.01. The van der Waals surface area contributed by atoms with Crippen LogP contribution in [0.4, 0.5) is 14.9 Å². The van der Waals surface area contributed by atoms with Gasteiger partial charge in [0.25, 0.3) is 5.88 Å². The minimum Gasteiger partial charge on any atom is -0.468 e. The van der Waals surface area contributed by atoms with Gasteiger partial charge in [-0.2, -0.15) is 9.65 Å². The lowest BCUT2D eigenvalue weighted by molar-refractivity contribution is 0.0304. The first-order valence-electron chi connectivity index (χ1n) is 12.9. The van der Waals surface area contributed by atoms with Gasteiger partial charge >= 0.3 is 6.09 Å². The Morgan fingerprint density at radius 2 is 1.95 bits per heavy atom. The number of piperazine rings is 1. The van der Waals surface area contributed by atoms with E-state index in [-0.39, 0.29) is 44.2 Å². The summed E-state index contributed by atoms with van der Waals surface area (Å²) < 4.78 is 33.3. The number of carbonyl (C=O) groups excluding carboxylic acids is 1. The quantitative estimate of drug-likeness (QED) is 0.452. The SMILES string of the molecule is CO[C@@H]1CN(C)C[C@H]1Oc1nc2cnccc2c(N2CCN(C(=O)OCc3ccccc3)[C@@H](CC#N)C2)c1F. The normalized spacial score (nSPS) is 21.6. The number of benzene rings is 1. The van der Waals surface area contributed by atoms with Crippen molar-refractivity contribution in [2.75, 3.05) is 51.8 Å². The van der Waals surface area contributed by atoms with E-state index in [2.05, 4.69) is 20.9 Å². The van der Waals surface area contributed by atoms with E-state index < -0.39 is 18.0 Å². The minimum absolute atomic E-state index is 0.0798. The number of hydrogen-bond donors (Lipinski definition) is 0. The number of halogens is 1. The largest absolute Gasteiger partial charge is 0.468 e. The number of likely N-dealkylation sites (tertiary alicyclic amines) is 1. The standard InChI is InChI=1S/C28H31FN6O4/c1-33-16-23(37-2)24(17-33)39-27-25(29)26(21-9-11-31-14-22(21)32-27)34-12-13-35(20(15-34)8-10-30)28(36)38-18-19-6-4-3-5-7-19/h3-7,9,11,14,20,23-24H,8,12-13,15-18H2,1-2H3/t20-,23+,24+/m0/s1. The van der Waals surface area contributed by atoms with E-state index in [0.29, 0.717) is 36.2 Å². The van der Waals surface area contributed by atoms with Crippen LogP contribution in [0.1, 0.15) is 12.0 Å². The zero-order valence-corrected chi connectivity index (χ0v) is 22.0. The first-order valence-corrected chi connectivity index (χ1v) is 12.9. The predicted molar refractivity (Wildman–Crippen MR) is 142 cm³/mol. The van der Waals surface area contributed by atoms with Crippen molar-refractivity contribution >= 4 is 22.7 Å². The van der Waals surface area contributed by atoms with Crippen LogP contribution in [0, 0.1) is 17.1 Å². The Balaban J connectivity index is 1.39. The van der Waals surface area contributed by atoms with Gasteiger partial charge in [0, 0.05) is 51.4 Å². The smallest absolute Gasteiger partial charge is 0.410 e. The molecule has 0 aliphatic carbocycles. The van der Waals surface area contributed by atoms with E-state index in [1.807, 2.05) is 42.3 Å². The summed E-state index contributed by atoms with van der Waals surface area (Å²) in [7, 11) is 3.56. The molecule has 1 aromatic carbocycles. The number of nitrogens with zero attached hydrogens (tertiary/aromatic N) is 6. The number of ether oxygens (including phenoxy) is 3. The van der Waals surface area contributed by atoms with Crippen LogP contribution in [0.3, 0.4) is 0 Å². The molecule has 2 aliphatic rings. The summed E-state index contributed by atoms with van der Waals surface area (Å²) in [5.74, 6) is -0.705. The lowest BCUT2D eigenvalue weighted by Crippen LogP contribution is -2.55. The second-order valence-electron chi connectivity index (χ2n) is 9.82. The maximum Gasteiger partial charge on any atom is 0.410 e. The summed E-state index contributed by atoms with van der Waals surface area (Å²) in [5.41, 5.74) is 1.68. The maximum absolute atomic E-state index is 16.2. The molecule has 0 radical (unpaired) electrons. The van der Waals surface area contributed by atoms with Crippen molar-refractivity contribution in [3.63, 3.8) is 0 Å². The van der Waals surface area contributed by atoms with Gasteiger partial charge in [0.1, 0.15) is 18.8 Å². The molecule has 2 aromatic heterocycles. The van der Waals surface area contributed by atoms with Crippen LogP contribution < -0.4 is 9.64 Å². The molecule has 3 atom stereocenters. The molecule has 11 heteroatoms. The fourth-order valence-corrected chi connectivity index (χ4v) is 5.23. The highest BCUT2D eigenvalue weighted by atomic mass is 19.1. The van der Waals surface area contributed by atoms with Crippen LogP contribution in [0.2, 0.25) is 0 Å². The van der Waals surface area contributed by atoms with Gasteiger partial charge in [-0.3, -0.25) is 9.88 Å². The highest BCUT2D eigenvalue weighted by molar-refractivity contribution is 5.92. The van der Waals surface area contributed by atoms with Gasteiger partial charge in [0.2, 0.25) is 5.82 Å². The monoisotopic (exact) mass is 534 g/mol. The molecule has 2 aliphatic heterocycles. The van der Waals surface area contributed by atoms with Gasteiger partial charge in [-0.15, -0.1) is 0 Å². The summed E-state index contributed by atoms with van der Waals surface area (Å²) in [6.45, 7) is 2.24. The van der Waals surface area contributed by atoms with E-state index in [1.54, 1.807) is 30.5 Å². The van der Waals surface area contributed by atoms with Crippen LogP contribution in [0.15, 0.2) is 48.8 Å². The first kappa shape index (κ1) is 26.6. The van der Waals surface area contributed by atoms with Crippen LogP contribution >= 0.6 is 0 Å². The number of likely N-dealkylation sites (N-methyl/N-ethyl adjacent to an activating group) is 1. The molecule has 1 amide bonds. The van der Waals surface area contributed by atoms with Gasteiger partial charge in [-0.1, -0.05) is 30.3 Å². The Kier molecular flexibility index (Phi) is 8.05. The first-order chi connectivity index (χ1) is 19.0. The third-order valence-electron chi connectivity index (χ3n) is 7.20. The third-order valence-corrected chi connectivity index (χ3v) is 7.20. The average Bonchev–Trinajstić information content (AvgIpc) is 3.31. The average molecular weight is 535 g/mol. The number of fused-ring (bicyclic) bond motifs is 1. The third kappa shape index (κ3) is 5.72. The molecule has 0 bridgehead atoms. The topological polar surface area (TPSA) is 104 Å². The number of amides is 1. The van der Waals surface area contributed by atoms with Crippen molar-refractivity contribution in [3.05, 3.63) is 60.2 Å². The molecular formula is C28H31FN6O4. The molecule has 39 heavy (non-hydrogen) atoms. The number of pyridine rings is 2. The molecule has 3 aromatic rings. The van der Waals surface area contributed by atoms with Crippen LogP contribution in [-0.4, -0.2) is 91.0 Å². The van der Waals surface area contributed by atoms with Crippen LogP contribution in [0.5, 0.6) is 5.88 Å². The molecule has 0 unspecified atom stereocenters. The number of methoxy groups -OCH3 is 1. The summed E-state index contributed by atoms with van der Waals surface area (Å²) in [6, 6.07) is 12.8. The van der Waals surface area contributed by atoms with E-state index in [0.717, 1.165) is 5.56 Å². The molecule has 4 heterocycles. The Bertz CT molecular complexity index is 1350. The van der Waals surface area contributed by atoms with Crippen LogP contribution in [-0.2, 0) is 16.1 Å². The lowest BCUT2D eigenvalue weighted by atomic mass is 10.1. The number of nitriles is 1. The van der Waals surface area contributed by atoms with Crippen LogP contribution in [0.25, 0.3) is 10.9 Å². The fourth-order valence-electron chi connectivity index (χ4n) is 5.23. The van der Waals surface area contributed by atoms with Gasteiger partial charge in [0.05, 0.1) is 35.9 Å². The van der Waals surface area contributed by atoms with E-state index in [9.17, 15) is 10.1 Å². The summed E-state index contributed by atoms with van der Waals surface area (Å²) >= 11 is 0. The number of anilines is 1. The molecular weight excluding hydrogens is 503 g/mol. The number of aromatic nitrogens is 2. The minimum atomic E-state index is -0.589. The molecule has 204 valence electrons. The molecule has 0 saturated carbocycles. The molecule has 0 N–H and O–H groups in total. The predicted octanol–water partition coefficient (Wildman–Crippen LogP) is 3.22. The second-order valence-corrected chi connectivity index (χ2v) is 9.82. The number of hydrogen-bond acceptors (Lipinski definition) is 9. The Morgan fingerprint density at radius 3 is 2.72 bits per heavy atom. The molecule has 2 saturated heterocycles. The van der Waals surface area contributed by atoms with E-state index >= 15 is 4.39 Å². The lowest BCUT2D eigenvalue weighted by Gasteiger charge is -2.41. The zero-order chi connectivity index (χ0) is 27.4. The molecule has 10 nitrogen and oxygen atoms in total. The Morgan fingerprint density at radius 1 is 1.15 bits per heavy atom. The summed E-state index contributed by atoms with van der Waals surface area (Å²) in [4.78, 5) is 27.0. The van der Waals surface area contributed by atoms with Gasteiger partial charge in [0.15, 0.2) is 0 Å². The number of carbonyl (C=O) groups is 1. The number of rotatable bonds is 7. The van der Waals surface area contributed by atoms with Crippen molar-refractivity contribution in [3.8, 4) is 11.9 Å². The fraction of sp³-hybridized carbons (Fsp3) is 0.429. The second kappa shape index (κ2) is 11.8. The van der Waals surface area contributed by atoms with Gasteiger partial charge < -0.3 is 24.0 Å².